The van der Waals surface area contributed by atoms with Gasteiger partial charge in [-0.25, -0.2) is 5.84 Å². The predicted octanol–water partition coefficient (Wildman–Crippen LogP) is 1.86. The van der Waals surface area contributed by atoms with Crippen molar-refractivity contribution in [2.24, 2.45) is 5.84 Å². The van der Waals surface area contributed by atoms with E-state index in [1.54, 1.807) is 0 Å². The first-order chi connectivity index (χ1) is 9.75. The summed E-state index contributed by atoms with van der Waals surface area (Å²) in [5.74, 6) is 5.96. The molecule has 7 nitrogen and oxygen atoms in total. The molecule has 1 heterocycles. The molecular weight excluding hydrogens is 256 g/mol. The number of hydrazine groups is 1. The van der Waals surface area contributed by atoms with Crippen molar-refractivity contribution in [1.29, 1.82) is 0 Å². The number of hydrogen-bond acceptors (Lipinski definition) is 7. The van der Waals surface area contributed by atoms with Crippen LogP contribution in [0.2, 0.25) is 0 Å². The first kappa shape index (κ1) is 14.0. The molecule has 0 bridgehead atoms. The highest BCUT2D eigenvalue weighted by Crippen LogP contribution is 2.17. The second kappa shape index (κ2) is 6.67. The molecule has 2 aromatic rings. The van der Waals surface area contributed by atoms with Crippen LogP contribution in [0.5, 0.6) is 6.01 Å². The molecule has 1 aromatic heterocycles. The van der Waals surface area contributed by atoms with E-state index in [0.29, 0.717) is 12.6 Å². The SMILES string of the molecule is CCOc1nc(NN)nc(Nc2cccc(CC)c2)n1. The summed E-state index contributed by atoms with van der Waals surface area (Å²) in [4.78, 5) is 12.3. The van der Waals surface area contributed by atoms with E-state index in [1.165, 1.54) is 5.56 Å². The van der Waals surface area contributed by atoms with Crippen molar-refractivity contribution < 1.29 is 4.74 Å². The molecule has 0 amide bonds. The molecule has 0 atom stereocenters. The maximum Gasteiger partial charge on any atom is 0.323 e. The van der Waals surface area contributed by atoms with Crippen LogP contribution in [-0.4, -0.2) is 21.6 Å². The molecule has 20 heavy (non-hydrogen) atoms. The van der Waals surface area contributed by atoms with Crippen LogP contribution in [0.3, 0.4) is 0 Å². The molecule has 4 N–H and O–H groups in total. The first-order valence-electron chi connectivity index (χ1n) is 6.46. The highest BCUT2D eigenvalue weighted by Gasteiger charge is 2.07. The quantitative estimate of drug-likeness (QED) is 0.546. The minimum Gasteiger partial charge on any atom is -0.464 e. The van der Waals surface area contributed by atoms with E-state index in [-0.39, 0.29) is 12.0 Å². The summed E-state index contributed by atoms with van der Waals surface area (Å²) in [6.45, 7) is 4.43. The highest BCUT2D eigenvalue weighted by molar-refractivity contribution is 5.55. The van der Waals surface area contributed by atoms with E-state index in [0.717, 1.165) is 12.1 Å². The molecule has 0 aliphatic carbocycles. The van der Waals surface area contributed by atoms with Crippen LogP contribution in [0, 0.1) is 0 Å². The Kier molecular flexibility index (Phi) is 4.67. The third kappa shape index (κ3) is 3.55. The van der Waals surface area contributed by atoms with Gasteiger partial charge in [-0.15, -0.1) is 0 Å². The lowest BCUT2D eigenvalue weighted by Crippen LogP contribution is -2.13. The van der Waals surface area contributed by atoms with E-state index >= 15 is 0 Å². The molecule has 0 aliphatic rings. The van der Waals surface area contributed by atoms with E-state index in [1.807, 2.05) is 25.1 Å². The van der Waals surface area contributed by atoms with Crippen LogP contribution >= 0.6 is 0 Å². The third-order valence-corrected chi connectivity index (χ3v) is 2.61. The topological polar surface area (TPSA) is 98.0 Å². The Balaban J connectivity index is 2.24. The molecule has 2 rings (SSSR count). The van der Waals surface area contributed by atoms with Crippen LogP contribution < -0.4 is 21.3 Å². The molecule has 0 fully saturated rings. The molecule has 0 unspecified atom stereocenters. The fourth-order valence-electron chi connectivity index (χ4n) is 1.67. The number of aryl methyl sites for hydroxylation is 1. The van der Waals surface area contributed by atoms with Crippen LogP contribution in [0.15, 0.2) is 24.3 Å². The number of rotatable bonds is 6. The lowest BCUT2D eigenvalue weighted by molar-refractivity contribution is 0.312. The normalized spacial score (nSPS) is 10.2. The Morgan fingerprint density at radius 1 is 1.15 bits per heavy atom. The van der Waals surface area contributed by atoms with Crippen molar-refractivity contribution in [3.63, 3.8) is 0 Å². The van der Waals surface area contributed by atoms with Crippen molar-refractivity contribution in [1.82, 2.24) is 15.0 Å². The number of nitrogens with zero attached hydrogens (tertiary/aromatic N) is 3. The number of nitrogen functional groups attached to an aromatic ring is 1. The molecule has 0 saturated carbocycles. The van der Waals surface area contributed by atoms with E-state index in [2.05, 4.69) is 38.7 Å². The van der Waals surface area contributed by atoms with E-state index in [4.69, 9.17) is 10.6 Å². The van der Waals surface area contributed by atoms with Gasteiger partial charge < -0.3 is 10.1 Å². The Bertz CT molecular complexity index is 575. The minimum atomic E-state index is 0.226. The number of ether oxygens (including phenoxy) is 1. The average molecular weight is 274 g/mol. The summed E-state index contributed by atoms with van der Waals surface area (Å²) in [5.41, 5.74) is 4.52. The van der Waals surface area contributed by atoms with Gasteiger partial charge in [0.2, 0.25) is 11.9 Å². The molecule has 7 heteroatoms. The number of aromatic nitrogens is 3. The monoisotopic (exact) mass is 274 g/mol. The lowest BCUT2D eigenvalue weighted by Gasteiger charge is -2.09. The molecule has 0 spiro atoms. The van der Waals surface area contributed by atoms with E-state index < -0.39 is 0 Å². The average Bonchev–Trinajstić information content (AvgIpc) is 2.47. The standard InChI is InChI=1S/C13H18N6O/c1-3-9-6-5-7-10(8-9)15-11-16-12(19-14)18-13(17-11)20-4-2/h5-8H,3-4,14H2,1-2H3,(H2,15,16,17,18,19). The van der Waals surface area contributed by atoms with Gasteiger partial charge >= 0.3 is 6.01 Å². The summed E-state index contributed by atoms with van der Waals surface area (Å²) >= 11 is 0. The van der Waals surface area contributed by atoms with Gasteiger partial charge in [-0.3, -0.25) is 5.43 Å². The van der Waals surface area contributed by atoms with Gasteiger partial charge in [0.1, 0.15) is 0 Å². The van der Waals surface area contributed by atoms with Crippen LogP contribution in [0.1, 0.15) is 19.4 Å². The van der Waals surface area contributed by atoms with Crippen molar-refractivity contribution in [2.75, 3.05) is 17.3 Å². The van der Waals surface area contributed by atoms with Crippen LogP contribution in [0.25, 0.3) is 0 Å². The molecule has 1 aromatic carbocycles. The predicted molar refractivity (Wildman–Crippen MR) is 77.9 cm³/mol. The van der Waals surface area contributed by atoms with Crippen LogP contribution in [0.4, 0.5) is 17.6 Å². The zero-order valence-electron chi connectivity index (χ0n) is 11.6. The first-order valence-corrected chi connectivity index (χ1v) is 6.46. The fraction of sp³-hybridized carbons (Fsp3) is 0.308. The van der Waals surface area contributed by atoms with Crippen molar-refractivity contribution in [2.45, 2.75) is 20.3 Å². The van der Waals surface area contributed by atoms with Crippen LogP contribution in [-0.2, 0) is 6.42 Å². The highest BCUT2D eigenvalue weighted by atomic mass is 16.5. The summed E-state index contributed by atoms with van der Waals surface area (Å²) in [7, 11) is 0. The lowest BCUT2D eigenvalue weighted by atomic mass is 10.1. The third-order valence-electron chi connectivity index (χ3n) is 2.61. The minimum absolute atomic E-state index is 0.226. The zero-order chi connectivity index (χ0) is 14.4. The van der Waals surface area contributed by atoms with Crippen molar-refractivity contribution >= 4 is 17.6 Å². The summed E-state index contributed by atoms with van der Waals surface area (Å²) in [6.07, 6.45) is 0.965. The van der Waals surface area contributed by atoms with Gasteiger partial charge in [0.05, 0.1) is 6.61 Å². The molecular formula is C13H18N6O. The maximum atomic E-state index is 5.34. The largest absolute Gasteiger partial charge is 0.464 e. The second-order valence-corrected chi connectivity index (χ2v) is 4.02. The number of anilines is 3. The Hall–Kier alpha value is -2.41. The van der Waals surface area contributed by atoms with Gasteiger partial charge in [-0.1, -0.05) is 19.1 Å². The number of hydrogen-bond donors (Lipinski definition) is 3. The number of benzene rings is 1. The Labute approximate surface area is 117 Å². The van der Waals surface area contributed by atoms with Gasteiger partial charge in [0.25, 0.3) is 0 Å². The molecule has 0 aliphatic heterocycles. The smallest absolute Gasteiger partial charge is 0.323 e. The summed E-state index contributed by atoms with van der Waals surface area (Å²) in [6, 6.07) is 8.26. The summed E-state index contributed by atoms with van der Waals surface area (Å²) < 4.78 is 5.27. The van der Waals surface area contributed by atoms with Gasteiger partial charge in [-0.2, -0.15) is 15.0 Å². The van der Waals surface area contributed by atoms with Gasteiger partial charge in [0, 0.05) is 5.69 Å². The number of nitrogens with one attached hydrogen (secondary N) is 2. The Morgan fingerprint density at radius 2 is 1.95 bits per heavy atom. The van der Waals surface area contributed by atoms with Gasteiger partial charge in [-0.05, 0) is 31.0 Å². The number of nitrogens with two attached hydrogens (primary N) is 1. The zero-order valence-corrected chi connectivity index (χ0v) is 11.6. The second-order valence-electron chi connectivity index (χ2n) is 4.02. The maximum absolute atomic E-state index is 5.34. The van der Waals surface area contributed by atoms with E-state index in [9.17, 15) is 0 Å². The van der Waals surface area contributed by atoms with Crippen molar-refractivity contribution in [3.05, 3.63) is 29.8 Å². The van der Waals surface area contributed by atoms with Crippen molar-refractivity contribution in [3.8, 4) is 6.01 Å². The van der Waals surface area contributed by atoms with Gasteiger partial charge in [0.15, 0.2) is 0 Å². The molecule has 0 saturated heterocycles. The molecule has 0 radical (unpaired) electrons. The summed E-state index contributed by atoms with van der Waals surface area (Å²) in [5, 5.41) is 3.11. The molecule has 106 valence electrons. The fourth-order valence-corrected chi connectivity index (χ4v) is 1.67. The Morgan fingerprint density at radius 3 is 2.65 bits per heavy atom.